The number of ether oxygens (including phenoxy) is 4. The monoisotopic (exact) mass is 390 g/mol. The second-order valence-corrected chi connectivity index (χ2v) is 5.61. The minimum Gasteiger partial charge on any atom is -0.490 e. The summed E-state index contributed by atoms with van der Waals surface area (Å²) in [4.78, 5) is 24.5. The van der Waals surface area contributed by atoms with Crippen molar-refractivity contribution in [3.63, 3.8) is 0 Å². The number of halogens is 1. The smallest absolute Gasteiger partial charge is 0.338 e. The molecule has 0 saturated heterocycles. The molecule has 0 heterocycles. The second kappa shape index (κ2) is 10.3. The van der Waals surface area contributed by atoms with Gasteiger partial charge in [-0.15, -0.1) is 0 Å². The van der Waals surface area contributed by atoms with Gasteiger partial charge in [0.2, 0.25) is 5.75 Å². The Morgan fingerprint density at radius 3 is 1.86 bits per heavy atom. The molecule has 0 fully saturated rings. The number of ketones is 1. The summed E-state index contributed by atoms with van der Waals surface area (Å²) < 4.78 is 34.8. The molecular weight excluding hydrogens is 367 g/mol. The van der Waals surface area contributed by atoms with E-state index in [1.165, 1.54) is 36.4 Å². The lowest BCUT2D eigenvalue weighted by Gasteiger charge is -2.16. The lowest BCUT2D eigenvalue weighted by molar-refractivity contribution is 0.0474. The largest absolute Gasteiger partial charge is 0.490 e. The van der Waals surface area contributed by atoms with Crippen molar-refractivity contribution in [1.82, 2.24) is 0 Å². The topological polar surface area (TPSA) is 71.1 Å². The van der Waals surface area contributed by atoms with Crippen molar-refractivity contribution >= 4 is 11.8 Å². The summed E-state index contributed by atoms with van der Waals surface area (Å²) in [5.41, 5.74) is 0.424. The summed E-state index contributed by atoms with van der Waals surface area (Å²) in [6.45, 7) is 6.11. The van der Waals surface area contributed by atoms with Gasteiger partial charge in [0.1, 0.15) is 5.82 Å². The molecule has 28 heavy (non-hydrogen) atoms. The van der Waals surface area contributed by atoms with Crippen LogP contribution in [0.25, 0.3) is 0 Å². The molecule has 7 heteroatoms. The Morgan fingerprint density at radius 1 is 0.821 bits per heavy atom. The van der Waals surface area contributed by atoms with E-state index in [4.69, 9.17) is 18.9 Å². The maximum absolute atomic E-state index is 12.9. The van der Waals surface area contributed by atoms with Gasteiger partial charge in [0.05, 0.1) is 25.4 Å². The number of carbonyl (C=O) groups is 2. The fraction of sp³-hybridized carbons (Fsp3) is 0.333. The number of Topliss-reactive ketones (excluding diaryl/α,β-unsaturated/α-hetero) is 1. The third-order valence-electron chi connectivity index (χ3n) is 3.65. The van der Waals surface area contributed by atoms with Gasteiger partial charge in [0.15, 0.2) is 23.9 Å². The lowest BCUT2D eigenvalue weighted by atomic mass is 10.1. The molecule has 0 spiro atoms. The molecule has 2 aromatic carbocycles. The molecule has 0 saturated carbocycles. The van der Waals surface area contributed by atoms with Gasteiger partial charge in [0.25, 0.3) is 0 Å². The van der Waals surface area contributed by atoms with Crippen LogP contribution in [0, 0.1) is 5.82 Å². The van der Waals surface area contributed by atoms with Crippen molar-refractivity contribution in [3.05, 3.63) is 53.3 Å². The average Bonchev–Trinajstić information content (AvgIpc) is 2.69. The Hall–Kier alpha value is -3.09. The van der Waals surface area contributed by atoms with E-state index < -0.39 is 24.2 Å². The van der Waals surface area contributed by atoms with Crippen LogP contribution in [-0.4, -0.2) is 38.2 Å². The predicted octanol–water partition coefficient (Wildman–Crippen LogP) is 4.06. The van der Waals surface area contributed by atoms with Crippen LogP contribution in [0.5, 0.6) is 17.2 Å². The number of hydrogen-bond donors (Lipinski definition) is 0. The predicted molar refractivity (Wildman–Crippen MR) is 101 cm³/mol. The highest BCUT2D eigenvalue weighted by molar-refractivity contribution is 5.99. The average molecular weight is 390 g/mol. The van der Waals surface area contributed by atoms with Gasteiger partial charge in [-0.05, 0) is 57.2 Å². The molecule has 0 N–H and O–H groups in total. The molecule has 2 aromatic rings. The molecule has 2 rings (SSSR count). The quantitative estimate of drug-likeness (QED) is 0.450. The molecule has 0 atom stereocenters. The van der Waals surface area contributed by atoms with Crippen molar-refractivity contribution in [1.29, 1.82) is 0 Å². The highest BCUT2D eigenvalue weighted by Crippen LogP contribution is 2.39. The first-order chi connectivity index (χ1) is 13.5. The molecule has 0 aliphatic rings. The third-order valence-corrected chi connectivity index (χ3v) is 3.65. The van der Waals surface area contributed by atoms with Gasteiger partial charge in [-0.25, -0.2) is 9.18 Å². The number of rotatable bonds is 10. The van der Waals surface area contributed by atoms with E-state index in [0.29, 0.717) is 37.1 Å². The van der Waals surface area contributed by atoms with Crippen molar-refractivity contribution in [2.75, 3.05) is 26.4 Å². The molecule has 0 unspecified atom stereocenters. The molecule has 0 aliphatic carbocycles. The highest BCUT2D eigenvalue weighted by atomic mass is 19.1. The van der Waals surface area contributed by atoms with Crippen LogP contribution >= 0.6 is 0 Å². The van der Waals surface area contributed by atoms with Crippen LogP contribution in [0.3, 0.4) is 0 Å². The van der Waals surface area contributed by atoms with Crippen molar-refractivity contribution in [2.24, 2.45) is 0 Å². The van der Waals surface area contributed by atoms with Gasteiger partial charge in [-0.2, -0.15) is 0 Å². The van der Waals surface area contributed by atoms with E-state index in [9.17, 15) is 14.0 Å². The van der Waals surface area contributed by atoms with Crippen LogP contribution < -0.4 is 14.2 Å². The Labute approximate surface area is 163 Å². The number of hydrogen-bond acceptors (Lipinski definition) is 6. The van der Waals surface area contributed by atoms with Gasteiger partial charge >= 0.3 is 5.97 Å². The lowest BCUT2D eigenvalue weighted by Crippen LogP contribution is -2.15. The minimum absolute atomic E-state index is 0.169. The maximum Gasteiger partial charge on any atom is 0.338 e. The number of carbonyl (C=O) groups excluding carboxylic acids is 2. The Kier molecular flexibility index (Phi) is 7.80. The van der Waals surface area contributed by atoms with Crippen LogP contribution in [0.4, 0.5) is 4.39 Å². The van der Waals surface area contributed by atoms with E-state index in [1.54, 1.807) is 0 Å². The van der Waals surface area contributed by atoms with Gasteiger partial charge in [-0.3, -0.25) is 4.79 Å². The third kappa shape index (κ3) is 5.45. The first-order valence-electron chi connectivity index (χ1n) is 9.02. The van der Waals surface area contributed by atoms with Crippen molar-refractivity contribution in [3.8, 4) is 17.2 Å². The highest BCUT2D eigenvalue weighted by Gasteiger charge is 2.20. The summed E-state index contributed by atoms with van der Waals surface area (Å²) >= 11 is 0. The first-order valence-corrected chi connectivity index (χ1v) is 9.02. The Bertz CT molecular complexity index is 789. The van der Waals surface area contributed by atoms with Crippen LogP contribution in [0.1, 0.15) is 41.5 Å². The first kappa shape index (κ1) is 21.2. The summed E-state index contributed by atoms with van der Waals surface area (Å²) in [7, 11) is 0. The number of benzene rings is 2. The maximum atomic E-state index is 12.9. The zero-order chi connectivity index (χ0) is 20.5. The number of esters is 1. The minimum atomic E-state index is -0.708. The van der Waals surface area contributed by atoms with Gasteiger partial charge < -0.3 is 18.9 Å². The molecule has 0 aromatic heterocycles. The van der Waals surface area contributed by atoms with Crippen LogP contribution in [0.2, 0.25) is 0 Å². The van der Waals surface area contributed by atoms with Crippen molar-refractivity contribution in [2.45, 2.75) is 20.8 Å². The molecule has 0 amide bonds. The molecule has 6 nitrogen and oxygen atoms in total. The SMILES string of the molecule is CCOc1cc(C(=O)OCC(=O)c2ccc(F)cc2)cc(OCC)c1OCC. The molecular formula is C21H23FO6. The second-order valence-electron chi connectivity index (χ2n) is 5.61. The molecule has 0 radical (unpaired) electrons. The van der Waals surface area contributed by atoms with Gasteiger partial charge in [0, 0.05) is 5.56 Å². The summed E-state index contributed by atoms with van der Waals surface area (Å²) in [6.07, 6.45) is 0. The zero-order valence-electron chi connectivity index (χ0n) is 16.1. The van der Waals surface area contributed by atoms with Crippen molar-refractivity contribution < 1.29 is 32.9 Å². The molecule has 0 bridgehead atoms. The van der Waals surface area contributed by atoms with E-state index >= 15 is 0 Å². The Morgan fingerprint density at radius 2 is 1.36 bits per heavy atom. The zero-order valence-corrected chi connectivity index (χ0v) is 16.1. The van der Waals surface area contributed by atoms with E-state index in [-0.39, 0.29) is 11.1 Å². The van der Waals surface area contributed by atoms with Gasteiger partial charge in [-0.1, -0.05) is 0 Å². The summed E-state index contributed by atoms with van der Waals surface area (Å²) in [5.74, 6) is -0.478. The molecule has 0 aliphatic heterocycles. The fourth-order valence-corrected chi connectivity index (χ4v) is 2.44. The van der Waals surface area contributed by atoms with E-state index in [0.717, 1.165) is 0 Å². The summed E-state index contributed by atoms with van der Waals surface area (Å²) in [5, 5.41) is 0. The summed E-state index contributed by atoms with van der Waals surface area (Å²) in [6, 6.07) is 7.99. The van der Waals surface area contributed by atoms with Crippen LogP contribution in [0.15, 0.2) is 36.4 Å². The van der Waals surface area contributed by atoms with E-state index in [1.807, 2.05) is 20.8 Å². The fourth-order valence-electron chi connectivity index (χ4n) is 2.44. The van der Waals surface area contributed by atoms with Crippen LogP contribution in [-0.2, 0) is 4.74 Å². The Balaban J connectivity index is 2.18. The molecule has 150 valence electrons. The normalized spacial score (nSPS) is 10.3. The van der Waals surface area contributed by atoms with E-state index in [2.05, 4.69) is 0 Å². The standard InChI is InChI=1S/C21H23FO6/c1-4-25-18-11-15(12-19(26-5-2)20(18)27-6-3)21(24)28-13-17(23)14-7-9-16(22)10-8-14/h7-12H,4-6,13H2,1-3H3.